The van der Waals surface area contributed by atoms with Crippen LogP contribution >= 0.6 is 11.3 Å². The Morgan fingerprint density at radius 3 is 2.80 bits per heavy atom. The summed E-state index contributed by atoms with van der Waals surface area (Å²) in [6.07, 6.45) is -2.26. The SMILES string of the molecule is Cc1nc(N)sc1C(O)C(O)CN=[N+]=[N-]. The highest BCUT2D eigenvalue weighted by molar-refractivity contribution is 7.15. The molecule has 4 N–H and O–H groups in total. The number of nitrogens with two attached hydrogens (primary N) is 1. The fourth-order valence-corrected chi connectivity index (χ4v) is 1.98. The van der Waals surface area contributed by atoms with Crippen LogP contribution < -0.4 is 5.73 Å². The van der Waals surface area contributed by atoms with Crippen LogP contribution in [0.4, 0.5) is 5.13 Å². The van der Waals surface area contributed by atoms with Crippen molar-refractivity contribution in [1.82, 2.24) is 4.98 Å². The lowest BCUT2D eigenvalue weighted by atomic mass is 10.1. The average Bonchev–Trinajstić information content (AvgIpc) is 2.53. The molecule has 8 heteroatoms. The molecule has 0 aromatic carbocycles. The number of aliphatic hydroxyl groups is 2. The normalized spacial score (nSPS) is 14.3. The third-order valence-corrected chi connectivity index (χ3v) is 2.87. The molecule has 0 fully saturated rings. The van der Waals surface area contributed by atoms with Gasteiger partial charge < -0.3 is 15.9 Å². The summed E-state index contributed by atoms with van der Waals surface area (Å²) in [5, 5.41) is 22.7. The van der Waals surface area contributed by atoms with Crippen molar-refractivity contribution in [2.45, 2.75) is 19.1 Å². The highest BCUT2D eigenvalue weighted by atomic mass is 32.1. The Morgan fingerprint density at radius 2 is 2.33 bits per heavy atom. The summed E-state index contributed by atoms with van der Waals surface area (Å²) in [6, 6.07) is 0. The van der Waals surface area contributed by atoms with Gasteiger partial charge in [-0.15, -0.1) is 0 Å². The number of rotatable bonds is 4. The summed E-state index contributed by atoms with van der Waals surface area (Å²) in [6.45, 7) is 1.50. The summed E-state index contributed by atoms with van der Waals surface area (Å²) in [5.41, 5.74) is 14.1. The summed E-state index contributed by atoms with van der Waals surface area (Å²) >= 11 is 1.11. The Morgan fingerprint density at radius 1 is 1.67 bits per heavy atom. The first kappa shape index (κ1) is 11.7. The van der Waals surface area contributed by atoms with Crippen LogP contribution in [-0.2, 0) is 0 Å². The number of aryl methyl sites for hydroxylation is 1. The highest BCUT2D eigenvalue weighted by Crippen LogP contribution is 2.28. The Hall–Kier alpha value is -1.34. The maximum Gasteiger partial charge on any atom is 0.180 e. The number of nitrogen functional groups attached to an aromatic ring is 1. The number of aliphatic hydroxyl groups excluding tert-OH is 2. The number of thiazole rings is 1. The van der Waals surface area contributed by atoms with Gasteiger partial charge in [-0.05, 0) is 12.5 Å². The van der Waals surface area contributed by atoms with Gasteiger partial charge in [0.05, 0.1) is 23.2 Å². The fourth-order valence-electron chi connectivity index (χ4n) is 1.10. The van der Waals surface area contributed by atoms with Crippen LogP contribution in [0.25, 0.3) is 10.4 Å². The molecule has 1 aromatic heterocycles. The molecule has 1 rings (SSSR count). The third-order valence-electron chi connectivity index (χ3n) is 1.81. The first-order chi connectivity index (χ1) is 7.06. The van der Waals surface area contributed by atoms with Crippen LogP contribution in [0, 0.1) is 6.92 Å². The zero-order valence-electron chi connectivity index (χ0n) is 8.03. The summed E-state index contributed by atoms with van der Waals surface area (Å²) in [4.78, 5) is 6.91. The number of hydrogen-bond acceptors (Lipinski definition) is 6. The van der Waals surface area contributed by atoms with Crippen LogP contribution in [0.3, 0.4) is 0 Å². The predicted molar refractivity (Wildman–Crippen MR) is 56.2 cm³/mol. The monoisotopic (exact) mass is 229 g/mol. The zero-order valence-corrected chi connectivity index (χ0v) is 8.85. The molecule has 0 radical (unpaired) electrons. The van der Waals surface area contributed by atoms with E-state index in [2.05, 4.69) is 15.0 Å². The second-order valence-corrected chi connectivity index (χ2v) is 3.99. The third kappa shape index (κ3) is 2.80. The molecule has 2 unspecified atom stereocenters. The number of azide groups is 1. The largest absolute Gasteiger partial charge is 0.390 e. The van der Waals surface area contributed by atoms with E-state index in [4.69, 9.17) is 11.3 Å². The zero-order chi connectivity index (χ0) is 11.4. The van der Waals surface area contributed by atoms with Gasteiger partial charge in [0.2, 0.25) is 0 Å². The molecule has 1 heterocycles. The van der Waals surface area contributed by atoms with Crippen molar-refractivity contribution in [1.29, 1.82) is 0 Å². The lowest BCUT2D eigenvalue weighted by Crippen LogP contribution is -2.20. The first-order valence-corrected chi connectivity index (χ1v) is 4.97. The molecule has 0 aliphatic rings. The molecule has 0 saturated carbocycles. The predicted octanol–water partition coefficient (Wildman–Crippen LogP) is 0.738. The topological polar surface area (TPSA) is 128 Å². The summed E-state index contributed by atoms with van der Waals surface area (Å²) in [5.74, 6) is 0. The molecular weight excluding hydrogens is 218 g/mol. The Kier molecular flexibility index (Phi) is 3.87. The van der Waals surface area contributed by atoms with E-state index in [1.807, 2.05) is 0 Å². The molecule has 0 bridgehead atoms. The Bertz CT molecular complexity index is 387. The van der Waals surface area contributed by atoms with Gasteiger partial charge in [0, 0.05) is 4.91 Å². The lowest BCUT2D eigenvalue weighted by Gasteiger charge is -2.14. The molecule has 0 spiro atoms. The fraction of sp³-hybridized carbons (Fsp3) is 0.571. The van der Waals surface area contributed by atoms with E-state index in [-0.39, 0.29) is 6.54 Å². The van der Waals surface area contributed by atoms with Gasteiger partial charge in [0.25, 0.3) is 0 Å². The number of hydrogen-bond donors (Lipinski definition) is 3. The molecule has 15 heavy (non-hydrogen) atoms. The van der Waals surface area contributed by atoms with Crippen molar-refractivity contribution in [3.63, 3.8) is 0 Å². The maximum atomic E-state index is 9.69. The molecule has 0 saturated heterocycles. The summed E-state index contributed by atoms with van der Waals surface area (Å²) in [7, 11) is 0. The number of aromatic nitrogens is 1. The minimum Gasteiger partial charge on any atom is -0.390 e. The van der Waals surface area contributed by atoms with E-state index in [0.717, 1.165) is 11.3 Å². The van der Waals surface area contributed by atoms with Crippen molar-refractivity contribution in [3.05, 3.63) is 21.0 Å². The molecule has 0 amide bonds. The van der Waals surface area contributed by atoms with Crippen LogP contribution in [-0.4, -0.2) is 27.8 Å². The molecule has 2 atom stereocenters. The average molecular weight is 229 g/mol. The molecule has 7 nitrogen and oxygen atoms in total. The van der Waals surface area contributed by atoms with Crippen molar-refractivity contribution in [2.75, 3.05) is 12.3 Å². The quantitative estimate of drug-likeness (QED) is 0.399. The Labute approximate surface area is 89.8 Å². The van der Waals surface area contributed by atoms with Crippen LogP contribution in [0.2, 0.25) is 0 Å². The van der Waals surface area contributed by atoms with E-state index >= 15 is 0 Å². The molecule has 82 valence electrons. The van der Waals surface area contributed by atoms with E-state index < -0.39 is 12.2 Å². The minimum absolute atomic E-state index is 0.186. The van der Waals surface area contributed by atoms with E-state index in [0.29, 0.717) is 15.7 Å². The van der Waals surface area contributed by atoms with E-state index in [1.165, 1.54) is 0 Å². The second-order valence-electron chi connectivity index (χ2n) is 2.93. The minimum atomic E-state index is -1.14. The summed E-state index contributed by atoms with van der Waals surface area (Å²) < 4.78 is 0. The second kappa shape index (κ2) is 4.94. The lowest BCUT2D eigenvalue weighted by molar-refractivity contribution is 0.0261. The van der Waals surface area contributed by atoms with Crippen LogP contribution in [0.15, 0.2) is 5.11 Å². The van der Waals surface area contributed by atoms with E-state index in [1.54, 1.807) is 6.92 Å². The standard InChI is InChI=1S/C7H11N5O2S/c1-3-6(15-7(8)11-3)5(14)4(13)2-10-12-9/h4-5,13-14H,2H2,1H3,(H2,8,11). The van der Waals surface area contributed by atoms with E-state index in [9.17, 15) is 10.2 Å². The van der Waals surface area contributed by atoms with Crippen molar-refractivity contribution in [3.8, 4) is 0 Å². The number of nitrogens with zero attached hydrogens (tertiary/aromatic N) is 4. The van der Waals surface area contributed by atoms with Crippen molar-refractivity contribution in [2.24, 2.45) is 5.11 Å². The van der Waals surface area contributed by atoms with Crippen LogP contribution in [0.5, 0.6) is 0 Å². The van der Waals surface area contributed by atoms with Crippen molar-refractivity contribution < 1.29 is 10.2 Å². The van der Waals surface area contributed by atoms with Gasteiger partial charge in [-0.25, -0.2) is 4.98 Å². The van der Waals surface area contributed by atoms with Gasteiger partial charge >= 0.3 is 0 Å². The van der Waals surface area contributed by atoms with Gasteiger partial charge in [-0.1, -0.05) is 16.5 Å². The maximum absolute atomic E-state index is 9.69. The molecule has 1 aromatic rings. The van der Waals surface area contributed by atoms with Gasteiger partial charge in [-0.3, -0.25) is 0 Å². The smallest absolute Gasteiger partial charge is 0.180 e. The first-order valence-electron chi connectivity index (χ1n) is 4.16. The molecule has 0 aliphatic heterocycles. The van der Waals surface area contributed by atoms with Crippen LogP contribution in [0.1, 0.15) is 16.7 Å². The highest BCUT2D eigenvalue weighted by Gasteiger charge is 2.22. The number of anilines is 1. The van der Waals surface area contributed by atoms with Gasteiger partial charge in [0.15, 0.2) is 5.13 Å². The molecule has 0 aliphatic carbocycles. The van der Waals surface area contributed by atoms with Crippen molar-refractivity contribution >= 4 is 16.5 Å². The van der Waals surface area contributed by atoms with Gasteiger partial charge in [0.1, 0.15) is 6.10 Å². The Balaban J connectivity index is 2.79. The van der Waals surface area contributed by atoms with Gasteiger partial charge in [-0.2, -0.15) is 0 Å². The molecular formula is C7H11N5O2S.